The molecule has 2 fully saturated rings. The van der Waals surface area contributed by atoms with Gasteiger partial charge >= 0.3 is 5.97 Å². The Balaban J connectivity index is 1.20. The Hall–Kier alpha value is -4.24. The second-order valence-electron chi connectivity index (χ2n) is 20.2. The number of hydrogen-bond acceptors (Lipinski definition) is 7. The molecule has 2 radical (unpaired) electrons. The monoisotopic (exact) mass is 875 g/mol. The van der Waals surface area contributed by atoms with Crippen LogP contribution in [0.2, 0.25) is 12.6 Å². The lowest BCUT2D eigenvalue weighted by atomic mass is 9.47. The van der Waals surface area contributed by atoms with Crippen LogP contribution in [-0.4, -0.2) is 88.2 Å². The number of carbonyl (C=O) groups is 1. The quantitative estimate of drug-likeness (QED) is 0.0244. The molecule has 0 aliphatic carbocycles. The molecular weight excluding hydrogens is 802 g/mol. The average molecular weight is 875 g/mol. The predicted octanol–water partition coefficient (Wildman–Crippen LogP) is 11.1. The van der Waals surface area contributed by atoms with Crippen molar-refractivity contribution in [1.82, 2.24) is 9.80 Å². The highest BCUT2D eigenvalue weighted by Crippen LogP contribution is 2.42. The minimum absolute atomic E-state index is 0.0183. The number of nitrogens with zero attached hydrogens (tertiary/aromatic N) is 2. The third-order valence-corrected chi connectivity index (χ3v) is 13.9. The third-order valence-electron chi connectivity index (χ3n) is 13.9. The Labute approximate surface area is 391 Å². The van der Waals surface area contributed by atoms with Crippen molar-refractivity contribution in [2.75, 3.05) is 52.7 Å². The highest BCUT2D eigenvalue weighted by atomic mass is 16.6. The molecule has 0 saturated carbocycles. The summed E-state index contributed by atoms with van der Waals surface area (Å²) >= 11 is 0. The molecule has 65 heavy (non-hydrogen) atoms. The van der Waals surface area contributed by atoms with Crippen LogP contribution in [-0.2, 0) is 45.2 Å². The van der Waals surface area contributed by atoms with Gasteiger partial charge in [-0.1, -0.05) is 157 Å². The van der Waals surface area contributed by atoms with Gasteiger partial charge in [0, 0.05) is 44.8 Å². The van der Waals surface area contributed by atoms with Crippen molar-refractivity contribution in [2.24, 2.45) is 10.8 Å². The summed E-state index contributed by atoms with van der Waals surface area (Å²) < 4.78 is 17.4. The largest absolute Gasteiger partial charge is 0.460 e. The second kappa shape index (κ2) is 23.0. The van der Waals surface area contributed by atoms with Crippen molar-refractivity contribution >= 4 is 42.1 Å². The SMILES string of the molecule is C=C(C)C(=O)OCCOCCN(Cc1ccccc1C1[B]CC(C)(C)CC1)Cc1c2ccccc2c(CN(CCOCCO)Cc2ccccc2C2[B]CC(C)(C)CC2)c2ccccc12. The number of aliphatic hydroxyl groups is 1. The lowest BCUT2D eigenvalue weighted by molar-refractivity contribution is -0.140. The van der Waals surface area contributed by atoms with E-state index >= 15 is 0 Å². The van der Waals surface area contributed by atoms with E-state index in [9.17, 15) is 9.90 Å². The van der Waals surface area contributed by atoms with E-state index in [2.05, 4.69) is 156 Å². The van der Waals surface area contributed by atoms with Crippen LogP contribution in [0.1, 0.15) is 105 Å². The van der Waals surface area contributed by atoms with Crippen molar-refractivity contribution in [3.63, 3.8) is 0 Å². The van der Waals surface area contributed by atoms with Crippen LogP contribution in [0.3, 0.4) is 0 Å². The molecule has 5 aromatic carbocycles. The summed E-state index contributed by atoms with van der Waals surface area (Å²) in [7, 11) is 5.11. The molecule has 7 rings (SSSR count). The van der Waals surface area contributed by atoms with Gasteiger partial charge in [0.2, 0.25) is 0 Å². The van der Waals surface area contributed by atoms with Crippen molar-refractivity contribution in [1.29, 1.82) is 0 Å². The van der Waals surface area contributed by atoms with Crippen LogP contribution in [0.5, 0.6) is 0 Å². The topological polar surface area (TPSA) is 71.5 Å². The number of fused-ring (bicyclic) bond motifs is 2. The fraction of sp³-hybridized carbons (Fsp3) is 0.482. The van der Waals surface area contributed by atoms with Crippen molar-refractivity contribution in [2.45, 2.75) is 111 Å². The average Bonchev–Trinajstić information content (AvgIpc) is 3.30. The normalized spacial score (nSPS) is 18.2. The Morgan fingerprint density at radius 3 is 1.43 bits per heavy atom. The minimum atomic E-state index is -0.387. The first kappa shape index (κ1) is 48.7. The van der Waals surface area contributed by atoms with E-state index < -0.39 is 0 Å². The summed E-state index contributed by atoms with van der Waals surface area (Å²) in [6.45, 7) is 21.4. The van der Waals surface area contributed by atoms with Gasteiger partial charge in [0.05, 0.1) is 33.0 Å². The molecule has 2 unspecified atom stereocenters. The number of esters is 1. The van der Waals surface area contributed by atoms with Gasteiger partial charge in [0.1, 0.15) is 21.2 Å². The molecule has 0 spiro atoms. The lowest BCUT2D eigenvalue weighted by Gasteiger charge is -2.35. The molecule has 2 aliphatic heterocycles. The number of hydrogen-bond donors (Lipinski definition) is 1. The fourth-order valence-corrected chi connectivity index (χ4v) is 10.1. The van der Waals surface area contributed by atoms with Crippen molar-refractivity contribution in [3.8, 4) is 0 Å². The van der Waals surface area contributed by atoms with Crippen LogP contribution < -0.4 is 0 Å². The molecule has 0 aromatic heterocycles. The first-order valence-corrected chi connectivity index (χ1v) is 24.2. The van der Waals surface area contributed by atoms with Crippen LogP contribution in [0.25, 0.3) is 21.5 Å². The van der Waals surface area contributed by atoms with Gasteiger partial charge < -0.3 is 19.3 Å². The minimum Gasteiger partial charge on any atom is -0.460 e. The lowest BCUT2D eigenvalue weighted by Crippen LogP contribution is -2.30. The highest BCUT2D eigenvalue weighted by molar-refractivity contribution is 6.38. The van der Waals surface area contributed by atoms with E-state index in [4.69, 9.17) is 14.2 Å². The fourth-order valence-electron chi connectivity index (χ4n) is 10.1. The van der Waals surface area contributed by atoms with E-state index in [1.165, 1.54) is 80.6 Å². The zero-order valence-corrected chi connectivity index (χ0v) is 40.0. The summed E-state index contributed by atoms with van der Waals surface area (Å²) in [6, 6.07) is 36.0. The third kappa shape index (κ3) is 13.2. The number of rotatable bonds is 22. The molecule has 9 heteroatoms. The van der Waals surface area contributed by atoms with Crippen molar-refractivity contribution < 1.29 is 24.1 Å². The van der Waals surface area contributed by atoms with Gasteiger partial charge in [-0.3, -0.25) is 9.80 Å². The van der Waals surface area contributed by atoms with E-state index in [0.29, 0.717) is 61.0 Å². The summed E-state index contributed by atoms with van der Waals surface area (Å²) in [4.78, 5) is 17.1. The maximum atomic E-state index is 12.0. The smallest absolute Gasteiger partial charge is 0.333 e. The first-order chi connectivity index (χ1) is 31.4. The summed E-state index contributed by atoms with van der Waals surface area (Å²) in [5.74, 6) is 0.514. The summed E-state index contributed by atoms with van der Waals surface area (Å²) in [5.41, 5.74) is 9.36. The second-order valence-corrected chi connectivity index (χ2v) is 20.2. The van der Waals surface area contributed by atoms with E-state index in [1.54, 1.807) is 6.92 Å². The number of ether oxygens (including phenoxy) is 3. The molecular formula is C56H72B2N2O5. The molecule has 1 N–H and O–H groups in total. The molecule has 0 amide bonds. The number of benzene rings is 5. The molecule has 2 saturated heterocycles. The Kier molecular flexibility index (Phi) is 17.2. The van der Waals surface area contributed by atoms with Gasteiger partial charge in [0.25, 0.3) is 0 Å². The Bertz CT molecular complexity index is 2290. The number of carbonyl (C=O) groups excluding carboxylic acids is 1. The molecule has 2 aliphatic rings. The van der Waals surface area contributed by atoms with Crippen LogP contribution in [0, 0.1) is 10.8 Å². The van der Waals surface area contributed by atoms with Crippen LogP contribution in [0.15, 0.2) is 109 Å². The van der Waals surface area contributed by atoms with Crippen molar-refractivity contribution in [3.05, 3.63) is 143 Å². The molecule has 0 bridgehead atoms. The standard InChI is InChI=1S/C56H72B2N2O5/c1-41(2)54(62)65-34-33-64-31-28-60(36-43-16-8-10-18-45(43)53-24-26-56(5,6)40-58-53)38-51-48-21-13-11-19-46(48)50(47-20-12-14-22-49(47)51)37-59(27-30-63-32-29-61)35-42-15-7-9-17-44(42)52-23-25-55(3,4)39-57-52/h7-22,52-53,61H,1,23-40H2,2-6H3. The molecule has 2 atom stereocenters. The van der Waals surface area contributed by atoms with Gasteiger partial charge in [-0.2, -0.15) is 0 Å². The van der Waals surface area contributed by atoms with Gasteiger partial charge in [-0.05, 0) is 97.2 Å². The Morgan fingerprint density at radius 1 is 0.615 bits per heavy atom. The molecule has 7 nitrogen and oxygen atoms in total. The summed E-state index contributed by atoms with van der Waals surface area (Å²) in [6.07, 6.45) is 7.06. The van der Waals surface area contributed by atoms with Crippen LogP contribution in [0.4, 0.5) is 0 Å². The molecule has 342 valence electrons. The van der Waals surface area contributed by atoms with Gasteiger partial charge in [0.15, 0.2) is 0 Å². The molecule has 5 aromatic rings. The zero-order valence-electron chi connectivity index (χ0n) is 40.0. The predicted molar refractivity (Wildman–Crippen MR) is 270 cm³/mol. The van der Waals surface area contributed by atoms with E-state index in [-0.39, 0.29) is 19.2 Å². The zero-order chi connectivity index (χ0) is 45.8. The van der Waals surface area contributed by atoms with E-state index in [0.717, 1.165) is 45.4 Å². The number of aliphatic hydroxyl groups excluding tert-OH is 1. The molecule has 2 heterocycles. The Morgan fingerprint density at radius 2 is 1.03 bits per heavy atom. The van der Waals surface area contributed by atoms with E-state index in [1.807, 2.05) is 0 Å². The van der Waals surface area contributed by atoms with Gasteiger partial charge in [-0.15, -0.1) is 0 Å². The first-order valence-electron chi connectivity index (χ1n) is 24.2. The summed E-state index contributed by atoms with van der Waals surface area (Å²) in [5, 5.41) is 14.6. The maximum absolute atomic E-state index is 12.0. The maximum Gasteiger partial charge on any atom is 0.333 e. The van der Waals surface area contributed by atoms with Crippen LogP contribution >= 0.6 is 0 Å². The highest BCUT2D eigenvalue weighted by Gasteiger charge is 2.31. The van der Waals surface area contributed by atoms with Gasteiger partial charge in [-0.25, -0.2) is 4.79 Å².